The third-order valence-electron chi connectivity index (χ3n) is 1.47. The van der Waals surface area contributed by atoms with Crippen LogP contribution in [0.25, 0.3) is 0 Å². The molecule has 0 heterocycles. The molecule has 0 saturated heterocycles. The van der Waals surface area contributed by atoms with Gasteiger partial charge in [0.1, 0.15) is 11.3 Å². The first-order valence-electron chi connectivity index (χ1n) is 3.57. The molecule has 0 aliphatic rings. The van der Waals surface area contributed by atoms with Gasteiger partial charge in [0.15, 0.2) is 0 Å². The fourth-order valence-corrected chi connectivity index (χ4v) is 0.900. The van der Waals surface area contributed by atoms with E-state index in [1.165, 1.54) is 19.2 Å². The molecule has 1 aromatic carbocycles. The van der Waals surface area contributed by atoms with Gasteiger partial charge in [0.05, 0.1) is 7.11 Å². The molecule has 1 rings (SSSR count). The van der Waals surface area contributed by atoms with Gasteiger partial charge in [-0.05, 0) is 12.1 Å². The van der Waals surface area contributed by atoms with E-state index in [2.05, 4.69) is 9.47 Å². The summed E-state index contributed by atoms with van der Waals surface area (Å²) >= 11 is 0. The minimum absolute atomic E-state index is 0.198. The Labute approximate surface area is 75.1 Å². The highest BCUT2D eigenvalue weighted by atomic mass is 16.5. The summed E-state index contributed by atoms with van der Waals surface area (Å²) < 4.78 is 9.07. The normalized spacial score (nSPS) is 9.00. The Hall–Kier alpha value is -1.84. The van der Waals surface area contributed by atoms with Gasteiger partial charge in [-0.25, -0.2) is 4.79 Å². The van der Waals surface area contributed by atoms with Gasteiger partial charge in [-0.3, -0.25) is 4.79 Å². The third kappa shape index (κ3) is 2.05. The van der Waals surface area contributed by atoms with Crippen molar-refractivity contribution in [2.75, 3.05) is 7.11 Å². The zero-order chi connectivity index (χ0) is 9.68. The van der Waals surface area contributed by atoms with Crippen LogP contribution in [0, 0.1) is 0 Å². The molecule has 68 valence electrons. The Morgan fingerprint density at radius 3 is 2.69 bits per heavy atom. The van der Waals surface area contributed by atoms with Crippen LogP contribution in [0.5, 0.6) is 5.75 Å². The molecule has 4 nitrogen and oxygen atoms in total. The molecule has 0 N–H and O–H groups in total. The van der Waals surface area contributed by atoms with Crippen molar-refractivity contribution >= 4 is 12.4 Å². The lowest BCUT2D eigenvalue weighted by Crippen LogP contribution is -2.04. The van der Waals surface area contributed by atoms with Gasteiger partial charge in [0, 0.05) is 0 Å². The quantitative estimate of drug-likeness (QED) is 0.514. The van der Waals surface area contributed by atoms with E-state index >= 15 is 0 Å². The van der Waals surface area contributed by atoms with Crippen LogP contribution in [0.15, 0.2) is 24.3 Å². The number of para-hydroxylation sites is 1. The molecular weight excluding hydrogens is 172 g/mol. The Kier molecular flexibility index (Phi) is 3.03. The van der Waals surface area contributed by atoms with Gasteiger partial charge in [-0.2, -0.15) is 0 Å². The van der Waals surface area contributed by atoms with E-state index in [-0.39, 0.29) is 17.8 Å². The molecule has 1 aromatic rings. The van der Waals surface area contributed by atoms with E-state index in [0.29, 0.717) is 0 Å². The minimum Gasteiger partial charge on any atom is -0.465 e. The van der Waals surface area contributed by atoms with Crippen LogP contribution in [-0.2, 0) is 9.53 Å². The first kappa shape index (κ1) is 9.25. The molecule has 0 amide bonds. The van der Waals surface area contributed by atoms with Crippen molar-refractivity contribution < 1.29 is 19.1 Å². The fraction of sp³-hybridized carbons (Fsp3) is 0.111. The van der Waals surface area contributed by atoms with Crippen LogP contribution in [0.2, 0.25) is 0 Å². The average molecular weight is 180 g/mol. The first-order valence-corrected chi connectivity index (χ1v) is 3.57. The molecule has 0 radical (unpaired) electrons. The number of esters is 1. The van der Waals surface area contributed by atoms with Gasteiger partial charge in [-0.1, -0.05) is 12.1 Å². The highest BCUT2D eigenvalue weighted by Gasteiger charge is 2.11. The van der Waals surface area contributed by atoms with Gasteiger partial charge >= 0.3 is 5.97 Å². The van der Waals surface area contributed by atoms with E-state index < -0.39 is 5.97 Å². The summed E-state index contributed by atoms with van der Waals surface area (Å²) in [5.74, 6) is -0.332. The maximum atomic E-state index is 11.1. The highest BCUT2D eigenvalue weighted by Crippen LogP contribution is 2.17. The second-order valence-electron chi connectivity index (χ2n) is 2.20. The monoisotopic (exact) mass is 180 g/mol. The molecule has 0 fully saturated rings. The molecule has 0 spiro atoms. The Morgan fingerprint density at radius 2 is 2.08 bits per heavy atom. The second-order valence-corrected chi connectivity index (χ2v) is 2.20. The number of rotatable bonds is 3. The molecular formula is C9H8O4. The SMILES string of the molecule is COC(=O)c1ccccc1OC=O. The van der Waals surface area contributed by atoms with Crippen molar-refractivity contribution in [1.29, 1.82) is 0 Å². The Morgan fingerprint density at radius 1 is 1.38 bits per heavy atom. The standard InChI is InChI=1S/C9H8O4/c1-12-9(11)7-4-2-3-5-8(7)13-6-10/h2-6H,1H3. The Balaban J connectivity index is 3.03. The number of benzene rings is 1. The number of carbonyl (C=O) groups is 2. The number of carbonyl (C=O) groups excluding carboxylic acids is 2. The summed E-state index contributed by atoms with van der Waals surface area (Å²) in [4.78, 5) is 21.2. The van der Waals surface area contributed by atoms with Crippen molar-refractivity contribution in [2.45, 2.75) is 0 Å². The van der Waals surface area contributed by atoms with E-state index in [4.69, 9.17) is 0 Å². The highest BCUT2D eigenvalue weighted by molar-refractivity contribution is 5.92. The van der Waals surface area contributed by atoms with E-state index in [0.717, 1.165) is 0 Å². The van der Waals surface area contributed by atoms with E-state index in [1.807, 2.05) is 0 Å². The largest absolute Gasteiger partial charge is 0.465 e. The molecule has 0 unspecified atom stereocenters. The summed E-state index contributed by atoms with van der Waals surface area (Å²) in [6, 6.07) is 6.35. The summed E-state index contributed by atoms with van der Waals surface area (Å²) in [5.41, 5.74) is 0.233. The van der Waals surface area contributed by atoms with Crippen LogP contribution in [0.1, 0.15) is 10.4 Å². The predicted molar refractivity (Wildman–Crippen MR) is 44.5 cm³/mol. The van der Waals surface area contributed by atoms with E-state index in [1.54, 1.807) is 12.1 Å². The van der Waals surface area contributed by atoms with Gasteiger partial charge in [-0.15, -0.1) is 0 Å². The summed E-state index contributed by atoms with van der Waals surface area (Å²) in [6.45, 7) is 0.266. The van der Waals surface area contributed by atoms with Crippen LogP contribution in [0.3, 0.4) is 0 Å². The number of hydrogen-bond donors (Lipinski definition) is 0. The smallest absolute Gasteiger partial charge is 0.341 e. The average Bonchev–Trinajstić information content (AvgIpc) is 2.18. The zero-order valence-corrected chi connectivity index (χ0v) is 7.02. The van der Waals surface area contributed by atoms with Crippen molar-refractivity contribution in [3.05, 3.63) is 29.8 Å². The maximum Gasteiger partial charge on any atom is 0.341 e. The minimum atomic E-state index is -0.530. The van der Waals surface area contributed by atoms with Crippen LogP contribution >= 0.6 is 0 Å². The van der Waals surface area contributed by atoms with Gasteiger partial charge < -0.3 is 9.47 Å². The van der Waals surface area contributed by atoms with Crippen LogP contribution < -0.4 is 4.74 Å². The molecule has 0 saturated carbocycles. The fourth-order valence-electron chi connectivity index (χ4n) is 0.900. The topological polar surface area (TPSA) is 52.6 Å². The number of ether oxygens (including phenoxy) is 2. The molecule has 4 heteroatoms. The molecule has 0 aliphatic heterocycles. The maximum absolute atomic E-state index is 11.1. The predicted octanol–water partition coefficient (Wildman–Crippen LogP) is 1.01. The number of methoxy groups -OCH3 is 1. The molecule has 0 aliphatic carbocycles. The lowest BCUT2D eigenvalue weighted by atomic mass is 10.2. The zero-order valence-electron chi connectivity index (χ0n) is 7.02. The molecule has 0 atom stereocenters. The van der Waals surface area contributed by atoms with Gasteiger partial charge in [0.2, 0.25) is 0 Å². The summed E-state index contributed by atoms with van der Waals surface area (Å²) in [5, 5.41) is 0. The summed E-state index contributed by atoms with van der Waals surface area (Å²) in [7, 11) is 1.26. The van der Waals surface area contributed by atoms with Crippen molar-refractivity contribution in [1.82, 2.24) is 0 Å². The lowest BCUT2D eigenvalue weighted by Gasteiger charge is -2.03. The third-order valence-corrected chi connectivity index (χ3v) is 1.47. The van der Waals surface area contributed by atoms with Crippen molar-refractivity contribution in [3.8, 4) is 5.75 Å². The van der Waals surface area contributed by atoms with Crippen LogP contribution in [0.4, 0.5) is 0 Å². The molecule has 0 aromatic heterocycles. The van der Waals surface area contributed by atoms with Crippen LogP contribution in [-0.4, -0.2) is 19.6 Å². The van der Waals surface area contributed by atoms with Crippen molar-refractivity contribution in [2.24, 2.45) is 0 Å². The first-order chi connectivity index (χ1) is 6.29. The summed E-state index contributed by atoms with van der Waals surface area (Å²) in [6.07, 6.45) is 0. The van der Waals surface area contributed by atoms with Crippen molar-refractivity contribution in [3.63, 3.8) is 0 Å². The van der Waals surface area contributed by atoms with Gasteiger partial charge in [0.25, 0.3) is 6.47 Å². The Bertz CT molecular complexity index is 319. The lowest BCUT2D eigenvalue weighted by molar-refractivity contribution is -0.120. The van der Waals surface area contributed by atoms with E-state index in [9.17, 15) is 9.59 Å². The molecule has 0 bridgehead atoms. The second kappa shape index (κ2) is 4.25. The number of hydrogen-bond acceptors (Lipinski definition) is 4. The molecule has 13 heavy (non-hydrogen) atoms.